The lowest BCUT2D eigenvalue weighted by atomic mass is 10.2. The van der Waals surface area contributed by atoms with E-state index in [4.69, 9.17) is 32.7 Å². The standard InChI is InChI=1S/C14H13Cl2N3O2/c1-20-12-4-3-9(5-13(12)21-2)7-18-19-14-11(16)6-10(15)8-17-14/h3-8H,1-2H3,(H,17,19). The molecule has 0 amide bonds. The third-order valence-corrected chi connectivity index (χ3v) is 3.09. The van der Waals surface area contributed by atoms with E-state index in [0.717, 1.165) is 5.56 Å². The van der Waals surface area contributed by atoms with Gasteiger partial charge in [-0.2, -0.15) is 5.10 Å². The number of pyridine rings is 1. The molecule has 0 bridgehead atoms. The Bertz CT molecular complexity index is 663. The van der Waals surface area contributed by atoms with Crippen LogP contribution in [0.3, 0.4) is 0 Å². The fourth-order valence-corrected chi connectivity index (χ4v) is 2.02. The van der Waals surface area contributed by atoms with Gasteiger partial charge in [0.25, 0.3) is 0 Å². The summed E-state index contributed by atoms with van der Waals surface area (Å²) < 4.78 is 10.4. The van der Waals surface area contributed by atoms with Crippen molar-refractivity contribution in [3.63, 3.8) is 0 Å². The average Bonchev–Trinajstić information content (AvgIpc) is 2.49. The van der Waals surface area contributed by atoms with Gasteiger partial charge in [-0.05, 0) is 29.8 Å². The highest BCUT2D eigenvalue weighted by Crippen LogP contribution is 2.27. The highest BCUT2D eigenvalue weighted by Gasteiger charge is 2.03. The maximum absolute atomic E-state index is 5.98. The molecule has 2 rings (SSSR count). The summed E-state index contributed by atoms with van der Waals surface area (Å²) in [6.45, 7) is 0. The molecule has 5 nitrogen and oxygen atoms in total. The van der Waals surface area contributed by atoms with Crippen LogP contribution in [0, 0.1) is 0 Å². The molecule has 0 aliphatic carbocycles. The highest BCUT2D eigenvalue weighted by molar-refractivity contribution is 6.35. The van der Waals surface area contributed by atoms with Gasteiger partial charge in [0, 0.05) is 6.20 Å². The van der Waals surface area contributed by atoms with Gasteiger partial charge in [-0.15, -0.1) is 0 Å². The lowest BCUT2D eigenvalue weighted by Crippen LogP contribution is -1.95. The largest absolute Gasteiger partial charge is 0.493 e. The van der Waals surface area contributed by atoms with Crippen LogP contribution in [-0.4, -0.2) is 25.4 Å². The second-order valence-electron chi connectivity index (χ2n) is 3.97. The Morgan fingerprint density at radius 3 is 2.57 bits per heavy atom. The molecule has 0 unspecified atom stereocenters. The quantitative estimate of drug-likeness (QED) is 0.670. The predicted octanol–water partition coefficient (Wildman–Crippen LogP) is 3.85. The fourth-order valence-electron chi connectivity index (χ4n) is 1.60. The number of nitrogens with one attached hydrogen (secondary N) is 1. The zero-order chi connectivity index (χ0) is 15.2. The van der Waals surface area contributed by atoms with Crippen LogP contribution in [0.25, 0.3) is 0 Å². The Kier molecular flexibility index (Phi) is 5.25. The van der Waals surface area contributed by atoms with E-state index in [1.807, 2.05) is 6.07 Å². The molecule has 1 N–H and O–H groups in total. The lowest BCUT2D eigenvalue weighted by molar-refractivity contribution is 0.355. The SMILES string of the molecule is COc1ccc(C=NNc2ncc(Cl)cc2Cl)cc1OC. The molecule has 7 heteroatoms. The lowest BCUT2D eigenvalue weighted by Gasteiger charge is -2.07. The monoisotopic (exact) mass is 325 g/mol. The van der Waals surface area contributed by atoms with Crippen molar-refractivity contribution in [2.24, 2.45) is 5.10 Å². The van der Waals surface area contributed by atoms with E-state index in [1.165, 1.54) is 6.20 Å². The van der Waals surface area contributed by atoms with Gasteiger partial charge < -0.3 is 9.47 Å². The molecule has 1 aromatic carbocycles. The van der Waals surface area contributed by atoms with Gasteiger partial charge >= 0.3 is 0 Å². The van der Waals surface area contributed by atoms with E-state index in [1.54, 1.807) is 38.6 Å². The van der Waals surface area contributed by atoms with Gasteiger partial charge in [-0.3, -0.25) is 5.43 Å². The summed E-state index contributed by atoms with van der Waals surface area (Å²) in [6, 6.07) is 7.04. The molecule has 0 saturated heterocycles. The zero-order valence-electron chi connectivity index (χ0n) is 11.4. The van der Waals surface area contributed by atoms with E-state index < -0.39 is 0 Å². The Morgan fingerprint density at radius 2 is 1.90 bits per heavy atom. The van der Waals surface area contributed by atoms with Crippen LogP contribution < -0.4 is 14.9 Å². The van der Waals surface area contributed by atoms with Gasteiger partial charge in [0.05, 0.1) is 30.5 Å². The summed E-state index contributed by atoms with van der Waals surface area (Å²) in [5.41, 5.74) is 3.59. The first-order chi connectivity index (χ1) is 10.1. The van der Waals surface area contributed by atoms with Crippen molar-refractivity contribution in [3.8, 4) is 11.5 Å². The molecular formula is C14H13Cl2N3O2. The molecule has 0 spiro atoms. The summed E-state index contributed by atoms with van der Waals surface area (Å²) in [6.07, 6.45) is 3.11. The van der Waals surface area contributed by atoms with Crippen LogP contribution in [0.1, 0.15) is 5.56 Å². The summed E-state index contributed by atoms with van der Waals surface area (Å²) >= 11 is 11.7. The van der Waals surface area contributed by atoms with Gasteiger partial charge in [0.15, 0.2) is 17.3 Å². The van der Waals surface area contributed by atoms with E-state index in [-0.39, 0.29) is 0 Å². The number of halogens is 2. The molecule has 1 heterocycles. The number of anilines is 1. The number of nitrogens with zero attached hydrogens (tertiary/aromatic N) is 2. The molecule has 0 radical (unpaired) electrons. The predicted molar refractivity (Wildman–Crippen MR) is 85.0 cm³/mol. The van der Waals surface area contributed by atoms with Crippen LogP contribution in [0.5, 0.6) is 11.5 Å². The van der Waals surface area contributed by atoms with E-state index in [2.05, 4.69) is 15.5 Å². The van der Waals surface area contributed by atoms with Gasteiger partial charge in [0.1, 0.15) is 0 Å². The number of ether oxygens (including phenoxy) is 2. The molecule has 0 atom stereocenters. The second-order valence-corrected chi connectivity index (χ2v) is 4.81. The number of benzene rings is 1. The minimum absolute atomic E-state index is 0.395. The maximum Gasteiger partial charge on any atom is 0.165 e. The molecule has 1 aromatic heterocycles. The molecule has 0 aliphatic rings. The first-order valence-electron chi connectivity index (χ1n) is 5.96. The van der Waals surface area contributed by atoms with Gasteiger partial charge in [0.2, 0.25) is 0 Å². The Morgan fingerprint density at radius 1 is 1.14 bits per heavy atom. The van der Waals surface area contributed by atoms with Crippen molar-refractivity contribution in [1.29, 1.82) is 0 Å². The van der Waals surface area contributed by atoms with Gasteiger partial charge in [-0.1, -0.05) is 23.2 Å². The average molecular weight is 326 g/mol. The van der Waals surface area contributed by atoms with Crippen molar-refractivity contribution >= 4 is 35.2 Å². The smallest absolute Gasteiger partial charge is 0.165 e. The molecule has 110 valence electrons. The van der Waals surface area contributed by atoms with Crippen molar-refractivity contribution < 1.29 is 9.47 Å². The zero-order valence-corrected chi connectivity index (χ0v) is 12.9. The summed E-state index contributed by atoms with van der Waals surface area (Å²) in [5.74, 6) is 1.71. The fraction of sp³-hybridized carbons (Fsp3) is 0.143. The summed E-state index contributed by atoms with van der Waals surface area (Å²) in [7, 11) is 3.16. The third-order valence-electron chi connectivity index (χ3n) is 2.60. The van der Waals surface area contributed by atoms with Crippen molar-refractivity contribution in [2.75, 3.05) is 19.6 Å². The molecule has 0 aliphatic heterocycles. The summed E-state index contributed by atoms with van der Waals surface area (Å²) in [5, 5.41) is 4.93. The third kappa shape index (κ3) is 4.00. The highest BCUT2D eigenvalue weighted by atomic mass is 35.5. The first kappa shape index (κ1) is 15.4. The Balaban J connectivity index is 2.11. The second kappa shape index (κ2) is 7.15. The Labute approximate surface area is 132 Å². The number of hydrogen-bond donors (Lipinski definition) is 1. The van der Waals surface area contributed by atoms with Crippen LogP contribution >= 0.6 is 23.2 Å². The summed E-state index contributed by atoms with van der Waals surface area (Å²) in [4.78, 5) is 4.04. The van der Waals surface area contributed by atoms with E-state index >= 15 is 0 Å². The Hall–Kier alpha value is -1.98. The van der Waals surface area contributed by atoms with Crippen LogP contribution in [0.15, 0.2) is 35.6 Å². The number of methoxy groups -OCH3 is 2. The number of rotatable bonds is 5. The van der Waals surface area contributed by atoms with Gasteiger partial charge in [-0.25, -0.2) is 4.98 Å². The molecular weight excluding hydrogens is 313 g/mol. The number of aromatic nitrogens is 1. The van der Waals surface area contributed by atoms with Crippen LogP contribution in [0.4, 0.5) is 5.82 Å². The van der Waals surface area contributed by atoms with Crippen molar-refractivity contribution in [3.05, 3.63) is 46.1 Å². The molecule has 0 saturated carbocycles. The molecule has 2 aromatic rings. The molecule has 0 fully saturated rings. The normalized spacial score (nSPS) is 10.7. The minimum atomic E-state index is 0.395. The van der Waals surface area contributed by atoms with E-state index in [9.17, 15) is 0 Å². The van der Waals surface area contributed by atoms with E-state index in [0.29, 0.717) is 27.4 Å². The van der Waals surface area contributed by atoms with Crippen molar-refractivity contribution in [2.45, 2.75) is 0 Å². The minimum Gasteiger partial charge on any atom is -0.493 e. The topological polar surface area (TPSA) is 55.7 Å². The first-order valence-corrected chi connectivity index (χ1v) is 6.71. The van der Waals surface area contributed by atoms with Crippen molar-refractivity contribution in [1.82, 2.24) is 4.98 Å². The van der Waals surface area contributed by atoms with Crippen LogP contribution in [-0.2, 0) is 0 Å². The maximum atomic E-state index is 5.98. The molecule has 21 heavy (non-hydrogen) atoms. The number of hydrogen-bond acceptors (Lipinski definition) is 5. The number of hydrazone groups is 1. The van der Waals surface area contributed by atoms with Crippen LogP contribution in [0.2, 0.25) is 10.0 Å².